The molecule has 0 radical (unpaired) electrons. The van der Waals surface area contributed by atoms with Gasteiger partial charge in [0.1, 0.15) is 0 Å². The van der Waals surface area contributed by atoms with Crippen LogP contribution in [-0.2, 0) is 0 Å². The molecule has 0 spiro atoms. The van der Waals surface area contributed by atoms with Crippen LogP contribution >= 0.6 is 11.6 Å². The maximum atomic E-state index is 13.2. The molecule has 0 heterocycles. The summed E-state index contributed by atoms with van der Waals surface area (Å²) >= 11 is 5.81. The first kappa shape index (κ1) is 15.3. The molecule has 2 rings (SSSR count). The first-order valence-corrected chi connectivity index (χ1v) is 6.61. The zero-order valence-corrected chi connectivity index (χ0v) is 11.9. The lowest BCUT2D eigenvalue weighted by Crippen LogP contribution is -2.31. The number of carbonyl (C=O) groups excluding carboxylic acids is 1. The summed E-state index contributed by atoms with van der Waals surface area (Å²) in [7, 11) is 0. The van der Waals surface area contributed by atoms with Crippen molar-refractivity contribution in [1.82, 2.24) is 5.32 Å². The Morgan fingerprint density at radius 3 is 2.57 bits per heavy atom. The van der Waals surface area contributed by atoms with E-state index in [1.54, 1.807) is 31.2 Å². The minimum atomic E-state index is -0.948. The van der Waals surface area contributed by atoms with E-state index in [-0.39, 0.29) is 0 Å². The second kappa shape index (κ2) is 6.54. The van der Waals surface area contributed by atoms with Crippen molar-refractivity contribution in [2.24, 2.45) is 0 Å². The second-order valence-electron chi connectivity index (χ2n) is 4.50. The summed E-state index contributed by atoms with van der Waals surface area (Å²) in [4.78, 5) is 11.8. The van der Waals surface area contributed by atoms with Gasteiger partial charge >= 0.3 is 6.03 Å². The van der Waals surface area contributed by atoms with E-state index in [1.807, 2.05) is 0 Å². The molecule has 0 fully saturated rings. The van der Waals surface area contributed by atoms with E-state index in [4.69, 9.17) is 11.6 Å². The van der Waals surface area contributed by atoms with Crippen LogP contribution in [0.25, 0.3) is 0 Å². The van der Waals surface area contributed by atoms with Gasteiger partial charge in [-0.1, -0.05) is 23.7 Å². The van der Waals surface area contributed by atoms with Gasteiger partial charge in [-0.05, 0) is 42.8 Å². The van der Waals surface area contributed by atoms with E-state index in [1.165, 1.54) is 6.07 Å². The first-order valence-electron chi connectivity index (χ1n) is 6.24. The van der Waals surface area contributed by atoms with Crippen molar-refractivity contribution in [2.75, 3.05) is 5.32 Å². The summed E-state index contributed by atoms with van der Waals surface area (Å²) in [6.07, 6.45) is 0. The Kier molecular flexibility index (Phi) is 4.75. The highest BCUT2D eigenvalue weighted by Crippen LogP contribution is 2.17. The van der Waals surface area contributed by atoms with Gasteiger partial charge in [0.05, 0.1) is 6.04 Å². The van der Waals surface area contributed by atoms with E-state index in [0.29, 0.717) is 16.3 Å². The molecule has 3 nitrogen and oxygen atoms in total. The van der Waals surface area contributed by atoms with E-state index >= 15 is 0 Å². The van der Waals surface area contributed by atoms with Crippen LogP contribution < -0.4 is 10.6 Å². The number of carbonyl (C=O) groups is 1. The Bertz CT molecular complexity index is 664. The Balaban J connectivity index is 2.00. The van der Waals surface area contributed by atoms with Crippen molar-refractivity contribution in [3.63, 3.8) is 0 Å². The summed E-state index contributed by atoms with van der Waals surface area (Å²) in [6.45, 7) is 1.67. The summed E-state index contributed by atoms with van der Waals surface area (Å²) < 4.78 is 26.0. The monoisotopic (exact) mass is 310 g/mol. The van der Waals surface area contributed by atoms with Crippen LogP contribution in [-0.4, -0.2) is 6.03 Å². The van der Waals surface area contributed by atoms with Crippen LogP contribution in [0.15, 0.2) is 42.5 Å². The molecule has 2 N–H and O–H groups in total. The molecular formula is C15H13ClF2N2O. The van der Waals surface area contributed by atoms with Crippen molar-refractivity contribution in [3.8, 4) is 0 Å². The maximum absolute atomic E-state index is 13.2. The van der Waals surface area contributed by atoms with Crippen LogP contribution in [0.1, 0.15) is 18.5 Å². The fourth-order valence-corrected chi connectivity index (χ4v) is 1.99. The number of urea groups is 1. The highest BCUT2D eigenvalue weighted by Gasteiger charge is 2.12. The molecular weight excluding hydrogens is 298 g/mol. The normalized spacial score (nSPS) is 11.8. The average molecular weight is 311 g/mol. The van der Waals surface area contributed by atoms with E-state index < -0.39 is 23.7 Å². The number of benzene rings is 2. The van der Waals surface area contributed by atoms with Crippen LogP contribution in [0.3, 0.4) is 0 Å². The highest BCUT2D eigenvalue weighted by molar-refractivity contribution is 6.30. The molecule has 1 unspecified atom stereocenters. The van der Waals surface area contributed by atoms with Crippen molar-refractivity contribution >= 4 is 23.3 Å². The van der Waals surface area contributed by atoms with Crippen molar-refractivity contribution in [1.29, 1.82) is 0 Å². The molecule has 2 aromatic carbocycles. The van der Waals surface area contributed by atoms with Gasteiger partial charge in [0, 0.05) is 10.7 Å². The predicted molar refractivity (Wildman–Crippen MR) is 78.4 cm³/mol. The molecule has 0 saturated carbocycles. The van der Waals surface area contributed by atoms with E-state index in [0.717, 1.165) is 12.1 Å². The van der Waals surface area contributed by atoms with Gasteiger partial charge in [-0.15, -0.1) is 0 Å². The summed E-state index contributed by atoms with van der Waals surface area (Å²) in [5.41, 5.74) is 1.01. The Labute approximate surface area is 125 Å². The molecule has 0 aliphatic heterocycles. The molecule has 0 aromatic heterocycles. The lowest BCUT2D eigenvalue weighted by atomic mass is 10.1. The van der Waals surface area contributed by atoms with Crippen molar-refractivity contribution in [2.45, 2.75) is 13.0 Å². The highest BCUT2D eigenvalue weighted by atomic mass is 35.5. The van der Waals surface area contributed by atoms with Crippen LogP contribution in [0, 0.1) is 11.6 Å². The zero-order valence-electron chi connectivity index (χ0n) is 11.2. The third-order valence-corrected chi connectivity index (χ3v) is 3.11. The molecule has 6 heteroatoms. The molecule has 0 saturated heterocycles. The first-order chi connectivity index (χ1) is 9.95. The van der Waals surface area contributed by atoms with Gasteiger partial charge in [-0.3, -0.25) is 0 Å². The van der Waals surface area contributed by atoms with E-state index in [2.05, 4.69) is 10.6 Å². The Morgan fingerprint density at radius 2 is 1.90 bits per heavy atom. The van der Waals surface area contributed by atoms with Crippen LogP contribution in [0.5, 0.6) is 0 Å². The fraction of sp³-hybridized carbons (Fsp3) is 0.133. The summed E-state index contributed by atoms with van der Waals surface area (Å²) in [5, 5.41) is 5.74. The van der Waals surface area contributed by atoms with Crippen molar-refractivity contribution < 1.29 is 13.6 Å². The number of amides is 2. The average Bonchev–Trinajstić information content (AvgIpc) is 2.41. The second-order valence-corrected chi connectivity index (χ2v) is 4.94. The summed E-state index contributed by atoms with van der Waals surface area (Å²) in [6, 6.07) is 9.25. The third-order valence-electron chi connectivity index (χ3n) is 2.87. The molecule has 0 aliphatic rings. The minimum Gasteiger partial charge on any atom is -0.331 e. The Hall–Kier alpha value is -2.14. The lowest BCUT2D eigenvalue weighted by Gasteiger charge is -2.15. The molecule has 110 valence electrons. The van der Waals surface area contributed by atoms with Gasteiger partial charge in [0.2, 0.25) is 0 Å². The predicted octanol–water partition coefficient (Wildman–Crippen LogP) is 4.50. The fourth-order valence-electron chi connectivity index (χ4n) is 1.80. The molecule has 2 amide bonds. The van der Waals surface area contributed by atoms with Gasteiger partial charge in [-0.2, -0.15) is 0 Å². The Morgan fingerprint density at radius 1 is 1.14 bits per heavy atom. The summed E-state index contributed by atoms with van der Waals surface area (Å²) in [5.74, 6) is -1.87. The minimum absolute atomic E-state index is 0.463. The number of nitrogens with one attached hydrogen (secondary N) is 2. The van der Waals surface area contributed by atoms with Gasteiger partial charge in [0.15, 0.2) is 11.6 Å². The van der Waals surface area contributed by atoms with Gasteiger partial charge < -0.3 is 10.6 Å². The quantitative estimate of drug-likeness (QED) is 0.861. The van der Waals surface area contributed by atoms with Gasteiger partial charge in [-0.25, -0.2) is 13.6 Å². The molecule has 0 aliphatic carbocycles. The maximum Gasteiger partial charge on any atom is 0.319 e. The number of halogens is 3. The number of hydrogen-bond acceptors (Lipinski definition) is 1. The molecule has 0 bridgehead atoms. The topological polar surface area (TPSA) is 41.1 Å². The number of anilines is 1. The number of hydrogen-bond donors (Lipinski definition) is 2. The molecule has 21 heavy (non-hydrogen) atoms. The van der Waals surface area contributed by atoms with Gasteiger partial charge in [0.25, 0.3) is 0 Å². The van der Waals surface area contributed by atoms with Crippen LogP contribution in [0.2, 0.25) is 5.02 Å². The standard InChI is InChI=1S/C15H13ClF2N2O/c1-9(10-5-6-13(17)14(18)7-10)19-15(21)20-12-4-2-3-11(16)8-12/h2-9H,1H3,(H2,19,20,21). The van der Waals surface area contributed by atoms with Crippen molar-refractivity contribution in [3.05, 3.63) is 64.7 Å². The smallest absolute Gasteiger partial charge is 0.319 e. The zero-order chi connectivity index (χ0) is 15.4. The number of rotatable bonds is 3. The SMILES string of the molecule is CC(NC(=O)Nc1cccc(Cl)c1)c1ccc(F)c(F)c1. The third kappa shape index (κ3) is 4.16. The van der Waals surface area contributed by atoms with Crippen LogP contribution in [0.4, 0.5) is 19.3 Å². The van der Waals surface area contributed by atoms with E-state index in [9.17, 15) is 13.6 Å². The largest absolute Gasteiger partial charge is 0.331 e. The lowest BCUT2D eigenvalue weighted by molar-refractivity contribution is 0.249. The molecule has 1 atom stereocenters. The molecule has 2 aromatic rings.